The van der Waals surface area contributed by atoms with E-state index in [4.69, 9.17) is 9.15 Å². The van der Waals surface area contributed by atoms with E-state index in [2.05, 4.69) is 16.4 Å². The van der Waals surface area contributed by atoms with Crippen LogP contribution in [0.5, 0.6) is 5.75 Å². The molecule has 5 nitrogen and oxygen atoms in total. The molecule has 2 heterocycles. The number of anilines is 1. The molecule has 1 aliphatic carbocycles. The third kappa shape index (κ3) is 2.51. The number of furan rings is 1. The number of ether oxygens (including phenoxy) is 1. The number of carbonyl (C=O) groups is 1. The molecule has 0 saturated carbocycles. The van der Waals surface area contributed by atoms with Gasteiger partial charge in [-0.25, -0.2) is 4.98 Å². The number of aromatic nitrogens is 1. The van der Waals surface area contributed by atoms with Crippen molar-refractivity contribution in [3.63, 3.8) is 0 Å². The van der Waals surface area contributed by atoms with Crippen molar-refractivity contribution < 1.29 is 13.9 Å². The van der Waals surface area contributed by atoms with Gasteiger partial charge in [-0.2, -0.15) is 0 Å². The van der Waals surface area contributed by atoms with Gasteiger partial charge in [-0.1, -0.05) is 6.07 Å². The summed E-state index contributed by atoms with van der Waals surface area (Å²) in [6.45, 7) is 0. The number of methoxy groups -OCH3 is 1. The Kier molecular flexibility index (Phi) is 3.38. The monoisotopic (exact) mass is 326 g/mol. The number of benzene rings is 1. The van der Waals surface area contributed by atoms with Crippen molar-refractivity contribution in [3.8, 4) is 17.0 Å². The molecule has 0 unspecified atom stereocenters. The number of amides is 1. The van der Waals surface area contributed by atoms with Crippen molar-refractivity contribution in [1.29, 1.82) is 0 Å². The van der Waals surface area contributed by atoms with E-state index in [-0.39, 0.29) is 11.7 Å². The van der Waals surface area contributed by atoms with E-state index >= 15 is 0 Å². The van der Waals surface area contributed by atoms with Crippen LogP contribution >= 0.6 is 11.3 Å². The Morgan fingerprint density at radius 2 is 2.26 bits per heavy atom. The third-order valence-corrected chi connectivity index (χ3v) is 4.89. The summed E-state index contributed by atoms with van der Waals surface area (Å²) in [6, 6.07) is 9.37. The SMILES string of the molecule is COc1ccc2c(c1)-c1nc(NC(=O)c3ccco3)sc1CC2. The number of nitrogens with zero attached hydrogens (tertiary/aromatic N) is 1. The predicted molar refractivity (Wildman–Crippen MR) is 88.2 cm³/mol. The van der Waals surface area contributed by atoms with E-state index in [0.717, 1.165) is 29.8 Å². The van der Waals surface area contributed by atoms with Gasteiger partial charge in [-0.15, -0.1) is 11.3 Å². The first-order valence-electron chi connectivity index (χ1n) is 7.26. The zero-order valence-corrected chi connectivity index (χ0v) is 13.3. The zero-order chi connectivity index (χ0) is 15.8. The molecule has 1 N–H and O–H groups in total. The maximum absolute atomic E-state index is 12.1. The van der Waals surface area contributed by atoms with E-state index in [9.17, 15) is 4.79 Å². The van der Waals surface area contributed by atoms with Crippen LogP contribution in [-0.4, -0.2) is 18.0 Å². The Morgan fingerprint density at radius 3 is 3.04 bits per heavy atom. The maximum Gasteiger partial charge on any atom is 0.293 e. The highest BCUT2D eigenvalue weighted by Crippen LogP contribution is 2.39. The number of hydrogen-bond acceptors (Lipinski definition) is 5. The number of aryl methyl sites for hydroxylation is 2. The van der Waals surface area contributed by atoms with Crippen LogP contribution in [0.3, 0.4) is 0 Å². The highest BCUT2D eigenvalue weighted by Gasteiger charge is 2.22. The number of carbonyl (C=O) groups excluding carboxylic acids is 1. The van der Waals surface area contributed by atoms with Gasteiger partial charge in [0.15, 0.2) is 10.9 Å². The molecule has 1 aromatic carbocycles. The minimum Gasteiger partial charge on any atom is -0.497 e. The third-order valence-electron chi connectivity index (χ3n) is 3.86. The average Bonchev–Trinajstić information content (AvgIpc) is 3.23. The van der Waals surface area contributed by atoms with Crippen molar-refractivity contribution in [2.24, 2.45) is 0 Å². The summed E-state index contributed by atoms with van der Waals surface area (Å²) in [5.41, 5.74) is 3.28. The van der Waals surface area contributed by atoms with Crippen LogP contribution in [0.1, 0.15) is 21.0 Å². The molecule has 0 saturated heterocycles. The van der Waals surface area contributed by atoms with E-state index < -0.39 is 0 Å². The largest absolute Gasteiger partial charge is 0.497 e. The van der Waals surface area contributed by atoms with Gasteiger partial charge in [0.2, 0.25) is 0 Å². The lowest BCUT2D eigenvalue weighted by atomic mass is 9.93. The minimum atomic E-state index is -0.285. The van der Waals surface area contributed by atoms with Crippen LogP contribution in [-0.2, 0) is 12.8 Å². The minimum absolute atomic E-state index is 0.278. The van der Waals surface area contributed by atoms with Crippen molar-refractivity contribution in [2.45, 2.75) is 12.8 Å². The van der Waals surface area contributed by atoms with Gasteiger partial charge in [0.25, 0.3) is 5.91 Å². The van der Waals surface area contributed by atoms with Crippen LogP contribution in [0.2, 0.25) is 0 Å². The first kappa shape index (κ1) is 14.0. The van der Waals surface area contributed by atoms with Crippen molar-refractivity contribution in [1.82, 2.24) is 4.98 Å². The van der Waals surface area contributed by atoms with Crippen molar-refractivity contribution >= 4 is 22.4 Å². The Balaban J connectivity index is 1.67. The number of hydrogen-bond donors (Lipinski definition) is 1. The molecule has 3 aromatic rings. The fourth-order valence-electron chi connectivity index (χ4n) is 2.72. The van der Waals surface area contributed by atoms with E-state index in [1.807, 2.05) is 12.1 Å². The quantitative estimate of drug-likeness (QED) is 0.796. The van der Waals surface area contributed by atoms with Crippen LogP contribution in [0.4, 0.5) is 5.13 Å². The first-order valence-corrected chi connectivity index (χ1v) is 8.08. The van der Waals surface area contributed by atoms with Gasteiger partial charge in [0.05, 0.1) is 19.1 Å². The van der Waals surface area contributed by atoms with Crippen molar-refractivity contribution in [3.05, 3.63) is 52.8 Å². The molecule has 116 valence electrons. The highest BCUT2D eigenvalue weighted by molar-refractivity contribution is 7.16. The molecule has 0 spiro atoms. The summed E-state index contributed by atoms with van der Waals surface area (Å²) in [5.74, 6) is 0.804. The van der Waals surface area contributed by atoms with E-state index in [1.54, 1.807) is 19.2 Å². The number of nitrogens with one attached hydrogen (secondary N) is 1. The highest BCUT2D eigenvalue weighted by atomic mass is 32.1. The summed E-state index contributed by atoms with van der Waals surface area (Å²) < 4.78 is 10.4. The van der Waals surface area contributed by atoms with Gasteiger partial charge in [-0.3, -0.25) is 10.1 Å². The Labute approximate surface area is 136 Å². The predicted octanol–water partition coefficient (Wildman–Crippen LogP) is 3.76. The molecule has 0 atom stereocenters. The summed E-state index contributed by atoms with van der Waals surface area (Å²) >= 11 is 1.51. The second-order valence-corrected chi connectivity index (χ2v) is 6.33. The van der Waals surface area contributed by atoms with Crippen molar-refractivity contribution in [2.75, 3.05) is 12.4 Å². The number of rotatable bonds is 3. The van der Waals surface area contributed by atoms with Crippen LogP contribution in [0.25, 0.3) is 11.3 Å². The molecular formula is C17H14N2O3S. The van der Waals surface area contributed by atoms with Crippen LogP contribution in [0, 0.1) is 0 Å². The Hall–Kier alpha value is -2.60. The summed E-state index contributed by atoms with van der Waals surface area (Å²) in [6.07, 6.45) is 3.38. The molecule has 0 aliphatic heterocycles. The molecule has 1 amide bonds. The van der Waals surface area contributed by atoms with Gasteiger partial charge in [0, 0.05) is 10.4 Å². The normalized spacial score (nSPS) is 12.4. The van der Waals surface area contributed by atoms with E-state index in [0.29, 0.717) is 5.13 Å². The molecule has 0 radical (unpaired) electrons. The van der Waals surface area contributed by atoms with Crippen LogP contribution in [0.15, 0.2) is 41.0 Å². The number of thiazole rings is 1. The second-order valence-electron chi connectivity index (χ2n) is 5.25. The fraction of sp³-hybridized carbons (Fsp3) is 0.176. The topological polar surface area (TPSA) is 64.4 Å². The molecule has 0 bridgehead atoms. The van der Waals surface area contributed by atoms with Gasteiger partial charge in [-0.05, 0) is 42.7 Å². The molecule has 6 heteroatoms. The molecule has 2 aromatic heterocycles. The second kappa shape index (κ2) is 5.55. The van der Waals surface area contributed by atoms with Gasteiger partial charge < -0.3 is 9.15 Å². The summed E-state index contributed by atoms with van der Waals surface area (Å²) in [4.78, 5) is 17.9. The summed E-state index contributed by atoms with van der Waals surface area (Å²) in [5, 5.41) is 3.39. The average molecular weight is 326 g/mol. The lowest BCUT2D eigenvalue weighted by Gasteiger charge is -2.15. The number of fused-ring (bicyclic) bond motifs is 3. The van der Waals surface area contributed by atoms with Crippen LogP contribution < -0.4 is 10.1 Å². The Morgan fingerprint density at radius 1 is 1.35 bits per heavy atom. The lowest BCUT2D eigenvalue weighted by Crippen LogP contribution is -2.10. The first-order chi connectivity index (χ1) is 11.2. The lowest BCUT2D eigenvalue weighted by molar-refractivity contribution is 0.0996. The standard InChI is InChI=1S/C17H14N2O3S/c1-21-11-6-4-10-5-7-14-15(12(10)9-11)18-17(23-14)19-16(20)13-3-2-8-22-13/h2-4,6,8-9H,5,7H2,1H3,(H,18,19,20). The molecule has 4 rings (SSSR count). The molecule has 0 fully saturated rings. The molecule has 1 aliphatic rings. The van der Waals surface area contributed by atoms with Gasteiger partial charge >= 0.3 is 0 Å². The maximum atomic E-state index is 12.1. The Bertz CT molecular complexity index is 868. The fourth-order valence-corrected chi connectivity index (χ4v) is 3.69. The molecular weight excluding hydrogens is 312 g/mol. The zero-order valence-electron chi connectivity index (χ0n) is 12.5. The van der Waals surface area contributed by atoms with Gasteiger partial charge in [0.1, 0.15) is 5.75 Å². The molecule has 23 heavy (non-hydrogen) atoms. The van der Waals surface area contributed by atoms with E-state index in [1.165, 1.54) is 28.0 Å². The summed E-state index contributed by atoms with van der Waals surface area (Å²) in [7, 11) is 1.65. The smallest absolute Gasteiger partial charge is 0.293 e.